The number of aliphatic hydroxyl groups is 2. The maximum atomic E-state index is 8.63. The summed E-state index contributed by atoms with van der Waals surface area (Å²) in [6.45, 7) is 6.51. The second-order valence-corrected chi connectivity index (χ2v) is 3.20. The topological polar surface area (TPSA) is 52.9 Å². The highest BCUT2D eigenvalue weighted by molar-refractivity contribution is 4.54. The minimum atomic E-state index is 0.0939. The molecule has 0 unspecified atom stereocenters. The molecule has 0 fully saturated rings. The molecule has 0 spiro atoms. The average molecular weight is 205 g/mol. The van der Waals surface area contributed by atoms with Gasteiger partial charge in [-0.15, -0.1) is 0 Å². The van der Waals surface area contributed by atoms with Crippen molar-refractivity contribution in [3.63, 3.8) is 0 Å². The van der Waals surface area contributed by atoms with Crippen LogP contribution >= 0.6 is 0 Å². The van der Waals surface area contributed by atoms with Gasteiger partial charge in [0.1, 0.15) is 0 Å². The van der Waals surface area contributed by atoms with Crippen molar-refractivity contribution in [3.8, 4) is 0 Å². The summed E-state index contributed by atoms with van der Waals surface area (Å²) in [5.41, 5.74) is 0. The van der Waals surface area contributed by atoms with Gasteiger partial charge in [0.15, 0.2) is 0 Å². The molecule has 0 amide bonds. The Morgan fingerprint density at radius 2 is 1.79 bits per heavy atom. The first-order valence-corrected chi connectivity index (χ1v) is 5.37. The predicted molar refractivity (Wildman–Crippen MR) is 56.3 cm³/mol. The van der Waals surface area contributed by atoms with Crippen molar-refractivity contribution in [2.24, 2.45) is 0 Å². The summed E-state index contributed by atoms with van der Waals surface area (Å²) in [4.78, 5) is 2.28. The lowest BCUT2D eigenvalue weighted by molar-refractivity contribution is 0.0740. The van der Waals surface area contributed by atoms with Crippen molar-refractivity contribution >= 4 is 0 Å². The summed E-state index contributed by atoms with van der Waals surface area (Å²) in [7, 11) is 0. The first kappa shape index (κ1) is 13.8. The quantitative estimate of drug-likeness (QED) is 0.496. The summed E-state index contributed by atoms with van der Waals surface area (Å²) in [5, 5.41) is 17.1. The van der Waals surface area contributed by atoms with Gasteiger partial charge in [0.05, 0.1) is 19.8 Å². The zero-order valence-corrected chi connectivity index (χ0v) is 9.11. The van der Waals surface area contributed by atoms with Crippen molar-refractivity contribution < 1.29 is 14.9 Å². The average Bonchev–Trinajstić information content (AvgIpc) is 2.22. The van der Waals surface area contributed by atoms with Crippen molar-refractivity contribution in [2.75, 3.05) is 46.1 Å². The molecule has 0 saturated carbocycles. The van der Waals surface area contributed by atoms with Gasteiger partial charge in [-0.3, -0.25) is 0 Å². The molecule has 4 nitrogen and oxygen atoms in total. The van der Waals surface area contributed by atoms with E-state index in [0.717, 1.165) is 32.5 Å². The number of hydrogen-bond acceptors (Lipinski definition) is 4. The molecule has 2 N–H and O–H groups in total. The van der Waals surface area contributed by atoms with Crippen LogP contribution in [0.25, 0.3) is 0 Å². The molecular formula is C10H23NO3. The zero-order valence-electron chi connectivity index (χ0n) is 9.11. The van der Waals surface area contributed by atoms with Crippen molar-refractivity contribution in [1.29, 1.82) is 0 Å². The van der Waals surface area contributed by atoms with Crippen LogP contribution in [0.15, 0.2) is 0 Å². The van der Waals surface area contributed by atoms with E-state index in [9.17, 15) is 0 Å². The normalized spacial score (nSPS) is 11.1. The fraction of sp³-hybridized carbons (Fsp3) is 1.00. The monoisotopic (exact) mass is 205 g/mol. The third-order valence-electron chi connectivity index (χ3n) is 2.12. The fourth-order valence-electron chi connectivity index (χ4n) is 1.24. The molecule has 0 radical (unpaired) electrons. The molecule has 0 rings (SSSR count). The number of aliphatic hydroxyl groups excluding tert-OH is 2. The molecule has 14 heavy (non-hydrogen) atoms. The first-order valence-electron chi connectivity index (χ1n) is 5.37. The molecule has 0 aliphatic rings. The Balaban J connectivity index is 3.28. The Bertz CT molecular complexity index is 112. The second kappa shape index (κ2) is 10.9. The van der Waals surface area contributed by atoms with E-state index in [0.29, 0.717) is 13.2 Å². The van der Waals surface area contributed by atoms with Gasteiger partial charge < -0.3 is 19.8 Å². The summed E-state index contributed by atoms with van der Waals surface area (Å²) in [6, 6.07) is 0. The fourth-order valence-corrected chi connectivity index (χ4v) is 1.24. The minimum absolute atomic E-state index is 0.0939. The number of likely N-dealkylation sites (N-methyl/N-ethyl adjacent to an activating group) is 1. The van der Waals surface area contributed by atoms with Crippen LogP contribution in [0.3, 0.4) is 0 Å². The van der Waals surface area contributed by atoms with Crippen LogP contribution in [0, 0.1) is 0 Å². The van der Waals surface area contributed by atoms with Crippen LogP contribution < -0.4 is 0 Å². The standard InChI is InChI=1S/C10H23NO3/c1-2-11(5-3-4-7-12)6-9-14-10-8-13/h12-13H,2-10H2,1H3. The maximum absolute atomic E-state index is 8.63. The number of unbranched alkanes of at least 4 members (excludes halogenated alkanes) is 1. The van der Waals surface area contributed by atoms with Crippen LogP contribution in [0.2, 0.25) is 0 Å². The molecule has 4 heteroatoms. The van der Waals surface area contributed by atoms with Crippen LogP contribution in [0.4, 0.5) is 0 Å². The zero-order chi connectivity index (χ0) is 10.6. The Morgan fingerprint density at radius 3 is 2.36 bits per heavy atom. The van der Waals surface area contributed by atoms with E-state index in [1.54, 1.807) is 0 Å². The molecule has 0 bridgehead atoms. The van der Waals surface area contributed by atoms with Gasteiger partial charge in [-0.2, -0.15) is 0 Å². The van der Waals surface area contributed by atoms with Crippen LogP contribution in [-0.4, -0.2) is 61.2 Å². The van der Waals surface area contributed by atoms with Gasteiger partial charge in [0.25, 0.3) is 0 Å². The van der Waals surface area contributed by atoms with Gasteiger partial charge >= 0.3 is 0 Å². The largest absolute Gasteiger partial charge is 0.396 e. The Morgan fingerprint density at radius 1 is 1.00 bits per heavy atom. The Hall–Kier alpha value is -0.160. The molecule has 0 aromatic rings. The smallest absolute Gasteiger partial charge is 0.0698 e. The van der Waals surface area contributed by atoms with E-state index >= 15 is 0 Å². The highest BCUT2D eigenvalue weighted by Crippen LogP contribution is 1.94. The third kappa shape index (κ3) is 8.44. The number of ether oxygens (including phenoxy) is 1. The maximum Gasteiger partial charge on any atom is 0.0698 e. The highest BCUT2D eigenvalue weighted by Gasteiger charge is 2.00. The van der Waals surface area contributed by atoms with Crippen molar-refractivity contribution in [1.82, 2.24) is 4.90 Å². The van der Waals surface area contributed by atoms with E-state index in [4.69, 9.17) is 14.9 Å². The molecule has 0 aliphatic carbocycles. The Kier molecular flexibility index (Phi) is 10.8. The Labute approximate surface area is 86.5 Å². The van der Waals surface area contributed by atoms with E-state index in [2.05, 4.69) is 11.8 Å². The molecule has 0 aromatic heterocycles. The summed E-state index contributed by atoms with van der Waals surface area (Å²) < 4.78 is 5.18. The third-order valence-corrected chi connectivity index (χ3v) is 2.12. The van der Waals surface area contributed by atoms with Gasteiger partial charge in [-0.25, -0.2) is 0 Å². The number of nitrogens with zero attached hydrogens (tertiary/aromatic N) is 1. The lowest BCUT2D eigenvalue weighted by atomic mass is 10.3. The van der Waals surface area contributed by atoms with Crippen molar-refractivity contribution in [2.45, 2.75) is 19.8 Å². The summed E-state index contributed by atoms with van der Waals surface area (Å²) in [5.74, 6) is 0. The van der Waals surface area contributed by atoms with Crippen molar-refractivity contribution in [3.05, 3.63) is 0 Å². The van der Waals surface area contributed by atoms with Gasteiger partial charge in [-0.05, 0) is 25.9 Å². The number of rotatable bonds is 10. The van der Waals surface area contributed by atoms with Crippen LogP contribution in [0.5, 0.6) is 0 Å². The molecule has 0 aromatic carbocycles. The molecule has 0 aliphatic heterocycles. The lowest BCUT2D eigenvalue weighted by Gasteiger charge is -2.19. The molecular weight excluding hydrogens is 182 g/mol. The summed E-state index contributed by atoms with van der Waals surface area (Å²) in [6.07, 6.45) is 1.90. The molecule has 0 atom stereocenters. The van der Waals surface area contributed by atoms with E-state index in [1.165, 1.54) is 0 Å². The van der Waals surface area contributed by atoms with E-state index < -0.39 is 0 Å². The SMILES string of the molecule is CCN(CCCCO)CCOCCO. The first-order chi connectivity index (χ1) is 6.85. The van der Waals surface area contributed by atoms with Crippen LogP contribution in [0.1, 0.15) is 19.8 Å². The highest BCUT2D eigenvalue weighted by atomic mass is 16.5. The van der Waals surface area contributed by atoms with Crippen LogP contribution in [-0.2, 0) is 4.74 Å². The molecule has 0 heterocycles. The minimum Gasteiger partial charge on any atom is -0.396 e. The molecule has 0 saturated heterocycles. The van der Waals surface area contributed by atoms with E-state index in [-0.39, 0.29) is 13.2 Å². The van der Waals surface area contributed by atoms with Gasteiger partial charge in [0.2, 0.25) is 0 Å². The van der Waals surface area contributed by atoms with Gasteiger partial charge in [-0.1, -0.05) is 6.92 Å². The lowest BCUT2D eigenvalue weighted by Crippen LogP contribution is -2.28. The van der Waals surface area contributed by atoms with Gasteiger partial charge in [0, 0.05) is 13.2 Å². The van der Waals surface area contributed by atoms with E-state index in [1.807, 2.05) is 0 Å². The predicted octanol–water partition coefficient (Wildman–Crippen LogP) is 0.0897. The summed E-state index contributed by atoms with van der Waals surface area (Å²) >= 11 is 0. The number of hydrogen-bond donors (Lipinski definition) is 2. The molecule has 86 valence electrons. The second-order valence-electron chi connectivity index (χ2n) is 3.20.